The van der Waals surface area contributed by atoms with Crippen LogP contribution < -0.4 is 4.90 Å². The monoisotopic (exact) mass is 243 g/mol. The van der Waals surface area contributed by atoms with E-state index in [1.165, 1.54) is 17.1 Å². The van der Waals surface area contributed by atoms with E-state index < -0.39 is 23.8 Å². The maximum Gasteiger partial charge on any atom is 0.300 e. The molecule has 92 valence electrons. The Hall–Kier alpha value is -2.20. The molecule has 4 nitrogen and oxygen atoms in total. The summed E-state index contributed by atoms with van der Waals surface area (Å²) < 4.78 is 0. The molecule has 0 saturated heterocycles. The minimum absolute atomic E-state index is 0.352. The zero-order valence-corrected chi connectivity index (χ0v) is 9.74. The summed E-state index contributed by atoms with van der Waals surface area (Å²) in [6.45, 7) is 7.07. The predicted octanol–water partition coefficient (Wildman–Crippen LogP) is 1.32. The molecule has 2 rings (SSSR count). The Labute approximate surface area is 105 Å². The van der Waals surface area contributed by atoms with Gasteiger partial charge in [0.2, 0.25) is 0 Å². The molecule has 0 fully saturated rings. The van der Waals surface area contributed by atoms with Gasteiger partial charge in [0.05, 0.1) is 23.4 Å². The Morgan fingerprint density at radius 1 is 1.17 bits per heavy atom. The molecule has 1 aromatic rings. The molecule has 4 heteroatoms. The van der Waals surface area contributed by atoms with Gasteiger partial charge in [-0.15, -0.1) is 13.2 Å². The molecule has 18 heavy (non-hydrogen) atoms. The van der Waals surface area contributed by atoms with E-state index in [0.29, 0.717) is 11.3 Å². The summed E-state index contributed by atoms with van der Waals surface area (Å²) in [6, 6.07) is 6.00. The van der Waals surface area contributed by atoms with Gasteiger partial charge < -0.3 is 5.11 Å². The number of para-hydroxylation sites is 1. The van der Waals surface area contributed by atoms with Crippen LogP contribution in [0.2, 0.25) is 0 Å². The fourth-order valence-corrected chi connectivity index (χ4v) is 2.04. The summed E-state index contributed by atoms with van der Waals surface area (Å²) in [4.78, 5) is 25.0. The predicted molar refractivity (Wildman–Crippen MR) is 68.4 cm³/mol. The smallest absolute Gasteiger partial charge is 0.300 e. The number of benzene rings is 1. The van der Waals surface area contributed by atoms with Gasteiger partial charge in [-0.25, -0.2) is 0 Å². The highest BCUT2D eigenvalue weighted by Gasteiger charge is 2.40. The van der Waals surface area contributed by atoms with E-state index in [9.17, 15) is 14.7 Å². The Bertz CT molecular complexity index is 536. The number of hydrogen-bond donors (Lipinski definition) is 1. The van der Waals surface area contributed by atoms with E-state index in [0.717, 1.165) is 0 Å². The summed E-state index contributed by atoms with van der Waals surface area (Å²) in [6.07, 6.45) is 1.77. The highest BCUT2D eigenvalue weighted by atomic mass is 16.3. The lowest BCUT2D eigenvalue weighted by atomic mass is 10.1. The molecule has 2 atom stereocenters. The maximum atomic E-state index is 12.0. The molecule has 0 bridgehead atoms. The molecule has 0 aromatic heterocycles. The molecule has 0 spiro atoms. The zero-order chi connectivity index (χ0) is 13.3. The molecule has 1 amide bonds. The third-order valence-electron chi connectivity index (χ3n) is 2.95. The first-order chi connectivity index (χ1) is 8.61. The normalized spacial score (nSPS) is 17.3. The van der Waals surface area contributed by atoms with Crippen LogP contribution in [-0.2, 0) is 4.79 Å². The molecule has 1 aliphatic heterocycles. The van der Waals surface area contributed by atoms with Crippen molar-refractivity contribution in [2.75, 3.05) is 4.90 Å². The van der Waals surface area contributed by atoms with Crippen molar-refractivity contribution in [3.05, 3.63) is 55.1 Å². The average Bonchev–Trinajstić information content (AvgIpc) is 2.65. The SMILES string of the molecule is C=C[C@@H](O)[C@@H](C=C)N1C(=O)C(=O)c2ccccc21. The van der Waals surface area contributed by atoms with Crippen LogP contribution in [0.3, 0.4) is 0 Å². The van der Waals surface area contributed by atoms with Crippen LogP contribution >= 0.6 is 0 Å². The summed E-state index contributed by atoms with van der Waals surface area (Å²) in [7, 11) is 0. The lowest BCUT2D eigenvalue weighted by Crippen LogP contribution is -2.44. The third-order valence-corrected chi connectivity index (χ3v) is 2.95. The number of aliphatic hydroxyl groups excluding tert-OH is 1. The second kappa shape index (κ2) is 4.58. The zero-order valence-electron chi connectivity index (χ0n) is 9.74. The number of ketones is 1. The van der Waals surface area contributed by atoms with Crippen LogP contribution in [-0.4, -0.2) is 28.9 Å². The lowest BCUT2D eigenvalue weighted by molar-refractivity contribution is -0.114. The number of carbonyl (C=O) groups excluding carboxylic acids is 2. The van der Waals surface area contributed by atoms with Gasteiger partial charge in [0.1, 0.15) is 0 Å². The minimum Gasteiger partial charge on any atom is -0.387 e. The molecule has 1 N–H and O–H groups in total. The molecule has 0 radical (unpaired) electrons. The van der Waals surface area contributed by atoms with Gasteiger partial charge >= 0.3 is 0 Å². The number of carbonyl (C=O) groups is 2. The largest absolute Gasteiger partial charge is 0.387 e. The fraction of sp³-hybridized carbons (Fsp3) is 0.143. The molecule has 1 aliphatic rings. The van der Waals surface area contributed by atoms with E-state index >= 15 is 0 Å². The van der Waals surface area contributed by atoms with Crippen LogP contribution in [0.25, 0.3) is 0 Å². The second-order valence-corrected chi connectivity index (χ2v) is 3.97. The Morgan fingerprint density at radius 2 is 1.83 bits per heavy atom. The second-order valence-electron chi connectivity index (χ2n) is 3.97. The van der Waals surface area contributed by atoms with Crippen molar-refractivity contribution in [1.29, 1.82) is 0 Å². The van der Waals surface area contributed by atoms with Gasteiger partial charge in [0, 0.05) is 0 Å². The number of rotatable bonds is 4. The van der Waals surface area contributed by atoms with Crippen molar-refractivity contribution in [3.63, 3.8) is 0 Å². The summed E-state index contributed by atoms with van der Waals surface area (Å²) in [5, 5.41) is 9.81. The fourth-order valence-electron chi connectivity index (χ4n) is 2.04. The van der Waals surface area contributed by atoms with Crippen molar-refractivity contribution in [2.24, 2.45) is 0 Å². The number of amides is 1. The van der Waals surface area contributed by atoms with Crippen molar-refractivity contribution in [1.82, 2.24) is 0 Å². The first kappa shape index (κ1) is 12.3. The molecular formula is C14H13NO3. The van der Waals surface area contributed by atoms with Crippen molar-refractivity contribution in [2.45, 2.75) is 12.1 Å². The first-order valence-electron chi connectivity index (χ1n) is 5.52. The maximum absolute atomic E-state index is 12.0. The molecular weight excluding hydrogens is 230 g/mol. The van der Waals surface area contributed by atoms with Crippen LogP contribution in [0, 0.1) is 0 Å². The molecule has 0 unspecified atom stereocenters. The first-order valence-corrected chi connectivity index (χ1v) is 5.52. The van der Waals surface area contributed by atoms with E-state index in [1.54, 1.807) is 24.3 Å². The van der Waals surface area contributed by atoms with Crippen LogP contribution in [0.1, 0.15) is 10.4 Å². The number of anilines is 1. The van der Waals surface area contributed by atoms with E-state index in [4.69, 9.17) is 0 Å². The molecule has 0 saturated carbocycles. The van der Waals surface area contributed by atoms with E-state index in [2.05, 4.69) is 13.2 Å². The summed E-state index contributed by atoms with van der Waals surface area (Å²) in [5.41, 5.74) is 0.851. The van der Waals surface area contributed by atoms with Gasteiger partial charge in [-0.1, -0.05) is 24.3 Å². The van der Waals surface area contributed by atoms with Gasteiger partial charge in [-0.3, -0.25) is 14.5 Å². The van der Waals surface area contributed by atoms with E-state index in [-0.39, 0.29) is 0 Å². The number of aliphatic hydroxyl groups is 1. The number of hydrogen-bond acceptors (Lipinski definition) is 3. The lowest BCUT2D eigenvalue weighted by Gasteiger charge is -2.27. The van der Waals surface area contributed by atoms with Gasteiger partial charge in [0.25, 0.3) is 11.7 Å². The Morgan fingerprint density at radius 3 is 2.44 bits per heavy atom. The standard InChI is InChI=1S/C14H13NO3/c1-3-10(12(16)4-2)15-11-8-6-5-7-9(11)13(17)14(15)18/h3-8,10,12,16H,1-2H2/t10-,12-/m1/s1. The average molecular weight is 243 g/mol. The van der Waals surface area contributed by atoms with E-state index in [1.807, 2.05) is 0 Å². The van der Waals surface area contributed by atoms with Crippen LogP contribution in [0.5, 0.6) is 0 Å². The molecule has 1 aromatic carbocycles. The minimum atomic E-state index is -0.967. The Balaban J connectivity index is 2.51. The van der Waals surface area contributed by atoms with Crippen molar-refractivity contribution >= 4 is 17.4 Å². The van der Waals surface area contributed by atoms with Crippen molar-refractivity contribution < 1.29 is 14.7 Å². The van der Waals surface area contributed by atoms with Gasteiger partial charge in [-0.05, 0) is 12.1 Å². The van der Waals surface area contributed by atoms with Crippen molar-refractivity contribution in [3.8, 4) is 0 Å². The molecule has 0 aliphatic carbocycles. The highest BCUT2D eigenvalue weighted by molar-refractivity contribution is 6.52. The summed E-state index contributed by atoms with van der Waals surface area (Å²) in [5.74, 6) is -1.21. The number of nitrogens with zero attached hydrogens (tertiary/aromatic N) is 1. The van der Waals surface area contributed by atoms with Gasteiger partial charge in [0.15, 0.2) is 0 Å². The summed E-state index contributed by atoms with van der Waals surface area (Å²) >= 11 is 0. The Kier molecular flexibility index (Phi) is 3.12. The molecule has 1 heterocycles. The highest BCUT2D eigenvalue weighted by Crippen LogP contribution is 2.31. The van der Waals surface area contributed by atoms with Crippen LogP contribution in [0.4, 0.5) is 5.69 Å². The third kappa shape index (κ3) is 1.67. The number of Topliss-reactive ketones (excluding diaryl/α,β-unsaturated/α-hetero) is 1. The van der Waals surface area contributed by atoms with Crippen LogP contribution in [0.15, 0.2) is 49.6 Å². The van der Waals surface area contributed by atoms with Gasteiger partial charge in [-0.2, -0.15) is 0 Å². The quantitative estimate of drug-likeness (QED) is 0.641. The topological polar surface area (TPSA) is 57.6 Å². The number of fused-ring (bicyclic) bond motifs is 1.